The van der Waals surface area contributed by atoms with Gasteiger partial charge in [-0.3, -0.25) is 4.79 Å². The van der Waals surface area contributed by atoms with Gasteiger partial charge in [-0.05, 0) is 72.0 Å². The zero-order chi connectivity index (χ0) is 22.1. The SMILES string of the molecule is Cc1cccc(-n2nnnc2SCC(=O)N2CCC[C@@H]2c2ccc3c(c2)OCCO3)c1C. The summed E-state index contributed by atoms with van der Waals surface area (Å²) >= 11 is 1.37. The lowest BCUT2D eigenvalue weighted by atomic mass is 10.0. The quantitative estimate of drug-likeness (QED) is 0.549. The molecule has 1 fully saturated rings. The van der Waals surface area contributed by atoms with E-state index in [1.807, 2.05) is 42.2 Å². The van der Waals surface area contributed by atoms with E-state index in [9.17, 15) is 4.79 Å². The third-order valence-corrected chi connectivity index (χ3v) is 7.00. The Labute approximate surface area is 190 Å². The summed E-state index contributed by atoms with van der Waals surface area (Å²) in [6.45, 7) is 5.98. The summed E-state index contributed by atoms with van der Waals surface area (Å²) in [6.07, 6.45) is 1.92. The summed E-state index contributed by atoms with van der Waals surface area (Å²) in [7, 11) is 0. The molecule has 8 nitrogen and oxygen atoms in total. The molecule has 32 heavy (non-hydrogen) atoms. The number of hydrogen-bond donors (Lipinski definition) is 0. The second-order valence-electron chi connectivity index (χ2n) is 8.03. The van der Waals surface area contributed by atoms with E-state index in [2.05, 4.69) is 28.5 Å². The second kappa shape index (κ2) is 8.82. The largest absolute Gasteiger partial charge is 0.486 e. The van der Waals surface area contributed by atoms with E-state index in [1.165, 1.54) is 17.3 Å². The van der Waals surface area contributed by atoms with Gasteiger partial charge in [0.05, 0.1) is 17.5 Å². The zero-order valence-electron chi connectivity index (χ0n) is 18.2. The Bertz CT molecular complexity index is 1150. The van der Waals surface area contributed by atoms with E-state index in [-0.39, 0.29) is 17.7 Å². The van der Waals surface area contributed by atoms with Crippen molar-refractivity contribution in [1.82, 2.24) is 25.1 Å². The third-order valence-electron chi connectivity index (χ3n) is 6.09. The number of benzene rings is 2. The van der Waals surface area contributed by atoms with Gasteiger partial charge in [-0.2, -0.15) is 4.68 Å². The molecule has 0 spiro atoms. The van der Waals surface area contributed by atoms with Crippen molar-refractivity contribution >= 4 is 17.7 Å². The number of tetrazole rings is 1. The van der Waals surface area contributed by atoms with Gasteiger partial charge in [0.2, 0.25) is 11.1 Å². The molecular weight excluding hydrogens is 426 g/mol. The average Bonchev–Trinajstić information content (AvgIpc) is 3.49. The zero-order valence-corrected chi connectivity index (χ0v) is 19.0. The van der Waals surface area contributed by atoms with Crippen LogP contribution in [-0.2, 0) is 4.79 Å². The Kier molecular flexibility index (Phi) is 5.73. The van der Waals surface area contributed by atoms with E-state index >= 15 is 0 Å². The molecule has 1 saturated heterocycles. The van der Waals surface area contributed by atoms with Crippen molar-refractivity contribution in [2.75, 3.05) is 25.5 Å². The molecule has 3 heterocycles. The van der Waals surface area contributed by atoms with Crippen molar-refractivity contribution in [3.63, 3.8) is 0 Å². The number of likely N-dealkylation sites (tertiary alicyclic amines) is 1. The molecule has 0 saturated carbocycles. The first-order valence-corrected chi connectivity index (χ1v) is 11.8. The standard InChI is InChI=1S/C23H25N5O3S/c1-15-5-3-6-18(16(15)2)28-23(24-25-26-28)32-14-22(29)27-10-4-7-19(27)17-8-9-20-21(13-17)31-12-11-30-20/h3,5-6,8-9,13,19H,4,7,10-12,14H2,1-2H3/t19-/m1/s1. The van der Waals surface area contributed by atoms with Crippen molar-refractivity contribution in [2.24, 2.45) is 0 Å². The Hall–Kier alpha value is -3.07. The molecule has 1 amide bonds. The first-order chi connectivity index (χ1) is 15.6. The van der Waals surface area contributed by atoms with Crippen LogP contribution >= 0.6 is 11.8 Å². The van der Waals surface area contributed by atoms with Crippen molar-refractivity contribution in [1.29, 1.82) is 0 Å². The van der Waals surface area contributed by atoms with Gasteiger partial charge >= 0.3 is 0 Å². The summed E-state index contributed by atoms with van der Waals surface area (Å²) < 4.78 is 13.1. The van der Waals surface area contributed by atoms with Crippen LogP contribution < -0.4 is 9.47 Å². The van der Waals surface area contributed by atoms with Crippen LogP contribution in [0.15, 0.2) is 41.6 Å². The first-order valence-electron chi connectivity index (χ1n) is 10.8. The molecule has 0 N–H and O–H groups in total. The van der Waals surface area contributed by atoms with Gasteiger partial charge in [-0.25, -0.2) is 0 Å². The number of aromatic nitrogens is 4. The highest BCUT2D eigenvalue weighted by Crippen LogP contribution is 2.38. The number of rotatable bonds is 5. The van der Waals surface area contributed by atoms with Crippen LogP contribution in [0, 0.1) is 13.8 Å². The van der Waals surface area contributed by atoms with Crippen molar-refractivity contribution < 1.29 is 14.3 Å². The minimum absolute atomic E-state index is 0.0499. The summed E-state index contributed by atoms with van der Waals surface area (Å²) in [5, 5.41) is 12.8. The Morgan fingerprint density at radius 1 is 1.16 bits per heavy atom. The van der Waals surface area contributed by atoms with E-state index in [0.29, 0.717) is 18.4 Å². The Morgan fingerprint density at radius 3 is 2.88 bits per heavy atom. The minimum atomic E-state index is 0.0499. The van der Waals surface area contributed by atoms with Crippen molar-refractivity contribution in [3.8, 4) is 17.2 Å². The molecule has 0 unspecified atom stereocenters. The van der Waals surface area contributed by atoms with Crippen LogP contribution in [0.25, 0.3) is 5.69 Å². The molecule has 3 aromatic rings. The highest BCUT2D eigenvalue weighted by molar-refractivity contribution is 7.99. The highest BCUT2D eigenvalue weighted by Gasteiger charge is 2.31. The van der Waals surface area contributed by atoms with Crippen LogP contribution in [0.2, 0.25) is 0 Å². The number of fused-ring (bicyclic) bond motifs is 1. The van der Waals surface area contributed by atoms with Gasteiger partial charge < -0.3 is 14.4 Å². The number of amides is 1. The number of nitrogens with zero attached hydrogens (tertiary/aromatic N) is 5. The fourth-order valence-corrected chi connectivity index (χ4v) is 5.04. The maximum absolute atomic E-state index is 13.2. The van der Waals surface area contributed by atoms with Crippen LogP contribution in [0.3, 0.4) is 0 Å². The van der Waals surface area contributed by atoms with Gasteiger partial charge in [0.15, 0.2) is 11.5 Å². The highest BCUT2D eigenvalue weighted by atomic mass is 32.2. The summed E-state index contributed by atoms with van der Waals surface area (Å²) in [6, 6.07) is 12.1. The monoisotopic (exact) mass is 451 g/mol. The normalized spacial score (nSPS) is 17.6. The van der Waals surface area contributed by atoms with E-state index in [0.717, 1.165) is 47.7 Å². The van der Waals surface area contributed by atoms with Gasteiger partial charge in [-0.1, -0.05) is 30.0 Å². The molecule has 0 bridgehead atoms. The van der Waals surface area contributed by atoms with Gasteiger partial charge in [0.1, 0.15) is 13.2 Å². The first kappa shape index (κ1) is 20.8. The number of carbonyl (C=O) groups excluding carboxylic acids is 1. The number of thioether (sulfide) groups is 1. The lowest BCUT2D eigenvalue weighted by Gasteiger charge is -2.26. The van der Waals surface area contributed by atoms with Gasteiger partial charge in [-0.15, -0.1) is 5.10 Å². The number of hydrogen-bond acceptors (Lipinski definition) is 7. The van der Waals surface area contributed by atoms with Crippen LogP contribution in [0.4, 0.5) is 0 Å². The van der Waals surface area contributed by atoms with Gasteiger partial charge in [0, 0.05) is 6.54 Å². The van der Waals surface area contributed by atoms with Crippen LogP contribution in [0.1, 0.15) is 35.6 Å². The van der Waals surface area contributed by atoms with Gasteiger partial charge in [0.25, 0.3) is 0 Å². The molecular formula is C23H25N5O3S. The molecule has 1 atom stereocenters. The van der Waals surface area contributed by atoms with Crippen molar-refractivity contribution in [2.45, 2.75) is 37.9 Å². The van der Waals surface area contributed by atoms with E-state index < -0.39 is 0 Å². The van der Waals surface area contributed by atoms with Crippen LogP contribution in [-0.4, -0.2) is 56.5 Å². The number of ether oxygens (including phenoxy) is 2. The molecule has 2 aliphatic heterocycles. The lowest BCUT2D eigenvalue weighted by molar-refractivity contribution is -0.129. The minimum Gasteiger partial charge on any atom is -0.486 e. The maximum atomic E-state index is 13.2. The number of aryl methyl sites for hydroxylation is 1. The molecule has 5 rings (SSSR count). The fraction of sp³-hybridized carbons (Fsp3) is 0.391. The topological polar surface area (TPSA) is 82.4 Å². The molecule has 0 aliphatic carbocycles. The summed E-state index contributed by atoms with van der Waals surface area (Å²) in [5.41, 5.74) is 4.31. The molecule has 166 valence electrons. The maximum Gasteiger partial charge on any atom is 0.233 e. The van der Waals surface area contributed by atoms with Crippen LogP contribution in [0.5, 0.6) is 11.5 Å². The molecule has 0 radical (unpaired) electrons. The molecule has 2 aliphatic rings. The fourth-order valence-electron chi connectivity index (χ4n) is 4.27. The second-order valence-corrected chi connectivity index (χ2v) is 8.97. The lowest BCUT2D eigenvalue weighted by Crippen LogP contribution is -2.32. The smallest absolute Gasteiger partial charge is 0.233 e. The van der Waals surface area contributed by atoms with E-state index in [4.69, 9.17) is 9.47 Å². The summed E-state index contributed by atoms with van der Waals surface area (Å²) in [4.78, 5) is 15.1. The predicted octanol–water partition coefficient (Wildman–Crippen LogP) is 3.51. The third kappa shape index (κ3) is 3.92. The van der Waals surface area contributed by atoms with E-state index in [1.54, 1.807) is 4.68 Å². The van der Waals surface area contributed by atoms with Crippen molar-refractivity contribution in [3.05, 3.63) is 53.1 Å². The predicted molar refractivity (Wildman–Crippen MR) is 120 cm³/mol. The summed E-state index contributed by atoms with van der Waals surface area (Å²) in [5.74, 6) is 1.90. The number of carbonyl (C=O) groups is 1. The molecule has 1 aromatic heterocycles. The Balaban J connectivity index is 1.30. The molecule has 2 aromatic carbocycles. The average molecular weight is 452 g/mol. The Morgan fingerprint density at radius 2 is 2.00 bits per heavy atom. The molecule has 9 heteroatoms.